The Balaban J connectivity index is 1.34. The number of aromatic amines is 1. The largest absolute Gasteiger partial charge is 0.383 e. The average Bonchev–Trinajstić information content (AvgIpc) is 3.33. The molecule has 9 heteroatoms. The molecule has 0 bridgehead atoms. The Bertz CT molecular complexity index is 1360. The van der Waals surface area contributed by atoms with Crippen LogP contribution in [-0.4, -0.2) is 29.5 Å². The fourth-order valence-electron chi connectivity index (χ4n) is 4.14. The Morgan fingerprint density at radius 2 is 2.00 bits per heavy atom. The maximum atomic E-state index is 6.38. The van der Waals surface area contributed by atoms with E-state index in [-0.39, 0.29) is 0 Å². The van der Waals surface area contributed by atoms with Crippen LogP contribution in [0.5, 0.6) is 0 Å². The highest BCUT2D eigenvalue weighted by molar-refractivity contribution is 7.98. The fourth-order valence-corrected chi connectivity index (χ4v) is 6.24. The van der Waals surface area contributed by atoms with Crippen molar-refractivity contribution in [2.45, 2.75) is 43.0 Å². The highest BCUT2D eigenvalue weighted by Crippen LogP contribution is 2.37. The Kier molecular flexibility index (Phi) is 3.98. The molecule has 0 spiro atoms. The van der Waals surface area contributed by atoms with E-state index in [2.05, 4.69) is 20.2 Å². The molecule has 0 fully saturated rings. The van der Waals surface area contributed by atoms with Gasteiger partial charge in [0.2, 0.25) is 5.78 Å². The molecule has 0 saturated carbocycles. The first-order valence-electron chi connectivity index (χ1n) is 9.79. The van der Waals surface area contributed by atoms with Gasteiger partial charge in [0.15, 0.2) is 5.16 Å². The highest BCUT2D eigenvalue weighted by atomic mass is 32.2. The number of hydrogen-bond donors (Lipinski definition) is 2. The van der Waals surface area contributed by atoms with Gasteiger partial charge >= 0.3 is 0 Å². The number of H-pyrrole nitrogens is 1. The Morgan fingerprint density at radius 3 is 2.97 bits per heavy atom. The second kappa shape index (κ2) is 6.70. The van der Waals surface area contributed by atoms with Crippen LogP contribution in [0.25, 0.3) is 27.0 Å². The summed E-state index contributed by atoms with van der Waals surface area (Å²) < 4.78 is 2.04. The van der Waals surface area contributed by atoms with Gasteiger partial charge in [0, 0.05) is 4.88 Å². The van der Waals surface area contributed by atoms with E-state index >= 15 is 0 Å². The van der Waals surface area contributed by atoms with Crippen LogP contribution in [-0.2, 0) is 18.6 Å². The van der Waals surface area contributed by atoms with E-state index in [1.165, 1.54) is 29.7 Å². The smallest absolute Gasteiger partial charge is 0.231 e. The van der Waals surface area contributed by atoms with E-state index in [4.69, 9.17) is 10.7 Å². The zero-order valence-electron chi connectivity index (χ0n) is 15.7. The maximum absolute atomic E-state index is 6.38. The van der Waals surface area contributed by atoms with Crippen LogP contribution in [0.15, 0.2) is 29.4 Å². The minimum absolute atomic E-state index is 0.606. The summed E-state index contributed by atoms with van der Waals surface area (Å²) in [5.74, 6) is 2.71. The number of aryl methyl sites for hydroxylation is 2. The first-order valence-corrected chi connectivity index (χ1v) is 11.6. The van der Waals surface area contributed by atoms with Gasteiger partial charge in [0.05, 0.1) is 22.2 Å². The molecule has 1 aliphatic carbocycles. The van der Waals surface area contributed by atoms with Gasteiger partial charge in [-0.3, -0.25) is 4.40 Å². The number of hydrogen-bond acceptors (Lipinski definition) is 7. The van der Waals surface area contributed by atoms with Crippen LogP contribution < -0.4 is 5.73 Å². The molecule has 0 atom stereocenters. The monoisotopic (exact) mass is 421 g/mol. The molecule has 5 aromatic rings. The Hall–Kier alpha value is -2.65. The van der Waals surface area contributed by atoms with Crippen molar-refractivity contribution in [1.29, 1.82) is 0 Å². The van der Waals surface area contributed by atoms with Crippen molar-refractivity contribution < 1.29 is 0 Å². The molecular weight excluding hydrogens is 402 g/mol. The molecule has 0 aliphatic heterocycles. The number of anilines is 1. The van der Waals surface area contributed by atoms with Gasteiger partial charge in [-0.25, -0.2) is 20.1 Å². The molecule has 146 valence electrons. The van der Waals surface area contributed by atoms with Crippen LogP contribution in [0.4, 0.5) is 5.82 Å². The number of rotatable bonds is 3. The standard InChI is InChI=1S/C20H19N7S2/c21-17-16-11-6-2-1-3-9-14(11)29-18(16)24-15(23-17)10-28-20-26-25-19-22-12-7-4-5-8-13(12)27(19)20/h4-5,7-8H,1-3,6,9-10H2,(H,22,25)(H2,21,23,24). The van der Waals surface area contributed by atoms with E-state index in [0.717, 1.165) is 50.9 Å². The van der Waals surface area contributed by atoms with E-state index in [9.17, 15) is 0 Å². The van der Waals surface area contributed by atoms with Crippen molar-refractivity contribution in [1.82, 2.24) is 29.5 Å². The number of imidazole rings is 1. The summed E-state index contributed by atoms with van der Waals surface area (Å²) in [5, 5.41) is 9.37. The van der Waals surface area contributed by atoms with Crippen LogP contribution >= 0.6 is 23.1 Å². The summed E-state index contributed by atoms with van der Waals surface area (Å²) in [6.07, 6.45) is 6.00. The number of fused-ring (bicyclic) bond motifs is 6. The molecule has 4 heterocycles. The summed E-state index contributed by atoms with van der Waals surface area (Å²) in [4.78, 5) is 16.5. The lowest BCUT2D eigenvalue weighted by Gasteiger charge is -2.04. The highest BCUT2D eigenvalue weighted by Gasteiger charge is 2.20. The van der Waals surface area contributed by atoms with E-state index in [1.54, 1.807) is 23.1 Å². The fraction of sp³-hybridized carbons (Fsp3) is 0.300. The van der Waals surface area contributed by atoms with Crippen molar-refractivity contribution in [3.63, 3.8) is 0 Å². The second-order valence-electron chi connectivity index (χ2n) is 7.32. The topological polar surface area (TPSA) is 97.8 Å². The van der Waals surface area contributed by atoms with Crippen LogP contribution in [0.1, 0.15) is 35.5 Å². The van der Waals surface area contributed by atoms with Crippen LogP contribution in [0.3, 0.4) is 0 Å². The number of nitrogen functional groups attached to an aromatic ring is 1. The summed E-state index contributed by atoms with van der Waals surface area (Å²) in [7, 11) is 0. The maximum Gasteiger partial charge on any atom is 0.231 e. The minimum atomic E-state index is 0.606. The summed E-state index contributed by atoms with van der Waals surface area (Å²) in [6, 6.07) is 8.05. The van der Waals surface area contributed by atoms with Crippen molar-refractivity contribution in [2.24, 2.45) is 0 Å². The van der Waals surface area contributed by atoms with Gasteiger partial charge in [-0.15, -0.1) is 16.4 Å². The molecule has 0 saturated heterocycles. The van der Waals surface area contributed by atoms with E-state index in [0.29, 0.717) is 11.6 Å². The first kappa shape index (κ1) is 17.2. The number of nitrogens with zero attached hydrogens (tertiary/aromatic N) is 5. The van der Waals surface area contributed by atoms with Crippen molar-refractivity contribution in [3.8, 4) is 0 Å². The predicted octanol–water partition coefficient (Wildman–Crippen LogP) is 4.36. The lowest BCUT2D eigenvalue weighted by molar-refractivity contribution is 0.713. The van der Waals surface area contributed by atoms with E-state index in [1.807, 2.05) is 28.7 Å². The average molecular weight is 422 g/mol. The zero-order chi connectivity index (χ0) is 19.4. The molecule has 6 rings (SSSR count). The van der Waals surface area contributed by atoms with Gasteiger partial charge in [0.25, 0.3) is 0 Å². The third-order valence-electron chi connectivity index (χ3n) is 5.47. The summed E-state index contributed by atoms with van der Waals surface area (Å²) >= 11 is 3.38. The van der Waals surface area contributed by atoms with Crippen LogP contribution in [0, 0.1) is 0 Å². The zero-order valence-corrected chi connectivity index (χ0v) is 17.3. The third-order valence-corrected chi connectivity index (χ3v) is 7.59. The molecule has 4 aromatic heterocycles. The van der Waals surface area contributed by atoms with Crippen molar-refractivity contribution in [3.05, 3.63) is 40.5 Å². The Morgan fingerprint density at radius 1 is 1.10 bits per heavy atom. The molecule has 0 amide bonds. The molecule has 7 nitrogen and oxygen atoms in total. The minimum Gasteiger partial charge on any atom is -0.383 e. The number of thioether (sulfide) groups is 1. The molecule has 0 unspecified atom stereocenters. The number of para-hydroxylation sites is 2. The van der Waals surface area contributed by atoms with Gasteiger partial charge in [-0.1, -0.05) is 30.3 Å². The molecule has 3 N–H and O–H groups in total. The van der Waals surface area contributed by atoms with Gasteiger partial charge in [-0.05, 0) is 43.4 Å². The molecular formula is C20H19N7S2. The van der Waals surface area contributed by atoms with Crippen molar-refractivity contribution in [2.75, 3.05) is 5.73 Å². The van der Waals surface area contributed by atoms with Gasteiger partial charge < -0.3 is 5.73 Å². The lowest BCUT2D eigenvalue weighted by atomic mass is 10.1. The number of aromatic nitrogens is 6. The van der Waals surface area contributed by atoms with Crippen molar-refractivity contribution >= 4 is 55.9 Å². The number of benzene rings is 1. The second-order valence-corrected chi connectivity index (χ2v) is 9.35. The molecule has 1 aliphatic rings. The Labute approximate surface area is 174 Å². The first-order chi connectivity index (χ1) is 14.3. The molecule has 29 heavy (non-hydrogen) atoms. The number of nitrogens with two attached hydrogens (primary N) is 1. The summed E-state index contributed by atoms with van der Waals surface area (Å²) in [5.41, 5.74) is 9.76. The van der Waals surface area contributed by atoms with E-state index < -0.39 is 0 Å². The normalized spacial score (nSPS) is 14.6. The van der Waals surface area contributed by atoms with Crippen LogP contribution in [0.2, 0.25) is 0 Å². The lowest BCUT2D eigenvalue weighted by Crippen LogP contribution is -2.00. The number of nitrogens with one attached hydrogen (secondary N) is 1. The molecule has 0 radical (unpaired) electrons. The van der Waals surface area contributed by atoms with Gasteiger partial charge in [-0.2, -0.15) is 0 Å². The van der Waals surface area contributed by atoms with Gasteiger partial charge in [0.1, 0.15) is 16.5 Å². The third kappa shape index (κ3) is 2.79. The SMILES string of the molecule is Nc1nc(CSc2n[nH]c3nc4ccccc4n23)nc2sc3c(c12)CCCCC3. The quantitative estimate of drug-likeness (QED) is 0.332. The molecule has 1 aromatic carbocycles. The number of thiophene rings is 1. The summed E-state index contributed by atoms with van der Waals surface area (Å²) in [6.45, 7) is 0. The predicted molar refractivity (Wildman–Crippen MR) is 117 cm³/mol.